The zero-order valence-corrected chi connectivity index (χ0v) is 7.21. The van der Waals surface area contributed by atoms with E-state index in [2.05, 4.69) is 5.32 Å². The molecule has 0 atom stereocenters. The van der Waals surface area contributed by atoms with E-state index in [0.717, 1.165) is 25.1 Å². The van der Waals surface area contributed by atoms with Crippen molar-refractivity contribution in [2.24, 2.45) is 0 Å². The molecule has 1 aromatic carbocycles. The predicted octanol–water partition coefficient (Wildman–Crippen LogP) is 1.73. The van der Waals surface area contributed by atoms with Crippen LogP contribution in [0.4, 0.5) is 5.69 Å². The monoisotopic (exact) mass is 177 g/mol. The summed E-state index contributed by atoms with van der Waals surface area (Å²) in [4.78, 5) is 0. The number of aromatic hydroxyl groups is 1. The van der Waals surface area contributed by atoms with Gasteiger partial charge in [0.05, 0.1) is 12.2 Å². The maximum Gasteiger partial charge on any atom is 0.184 e. The Bertz CT molecular complexity index is 358. The number of para-hydroxylation sites is 1. The summed E-state index contributed by atoms with van der Waals surface area (Å²) in [5.41, 5.74) is 0.892. The third-order valence-corrected chi connectivity index (χ3v) is 2.72. The summed E-state index contributed by atoms with van der Waals surface area (Å²) in [5.74, 6) is 0.849. The SMILES string of the molecule is Oc1cccc2c1OC1(CC1)CN2. The number of benzene rings is 1. The van der Waals surface area contributed by atoms with Crippen LogP contribution in [0.1, 0.15) is 12.8 Å². The van der Waals surface area contributed by atoms with Gasteiger partial charge in [-0.25, -0.2) is 0 Å². The van der Waals surface area contributed by atoms with Crippen molar-refractivity contribution in [1.82, 2.24) is 0 Å². The fraction of sp³-hybridized carbons (Fsp3) is 0.400. The van der Waals surface area contributed by atoms with Gasteiger partial charge in [0.15, 0.2) is 11.5 Å². The van der Waals surface area contributed by atoms with E-state index in [9.17, 15) is 5.11 Å². The summed E-state index contributed by atoms with van der Waals surface area (Å²) < 4.78 is 5.75. The van der Waals surface area contributed by atoms with Gasteiger partial charge in [0.2, 0.25) is 0 Å². The van der Waals surface area contributed by atoms with Crippen molar-refractivity contribution < 1.29 is 9.84 Å². The zero-order valence-electron chi connectivity index (χ0n) is 7.21. The van der Waals surface area contributed by atoms with Crippen LogP contribution in [0, 0.1) is 0 Å². The summed E-state index contributed by atoms with van der Waals surface area (Å²) in [7, 11) is 0. The number of rotatable bonds is 0. The van der Waals surface area contributed by atoms with Crippen LogP contribution < -0.4 is 10.1 Å². The molecular formula is C10H11NO2. The molecule has 0 unspecified atom stereocenters. The highest BCUT2D eigenvalue weighted by Crippen LogP contribution is 2.48. The van der Waals surface area contributed by atoms with Crippen molar-refractivity contribution in [3.63, 3.8) is 0 Å². The van der Waals surface area contributed by atoms with Crippen LogP contribution in [-0.2, 0) is 0 Å². The first-order valence-electron chi connectivity index (χ1n) is 4.54. The Morgan fingerprint density at radius 3 is 3.00 bits per heavy atom. The van der Waals surface area contributed by atoms with E-state index in [-0.39, 0.29) is 11.4 Å². The summed E-state index contributed by atoms with van der Waals surface area (Å²) in [5, 5.41) is 12.8. The van der Waals surface area contributed by atoms with Gasteiger partial charge in [-0.2, -0.15) is 0 Å². The second-order valence-electron chi connectivity index (χ2n) is 3.79. The lowest BCUT2D eigenvalue weighted by Gasteiger charge is -2.27. The first-order chi connectivity index (χ1) is 6.29. The molecule has 1 spiro atoms. The summed E-state index contributed by atoms with van der Waals surface area (Å²) in [6.45, 7) is 0.865. The second kappa shape index (κ2) is 2.10. The third kappa shape index (κ3) is 0.963. The smallest absolute Gasteiger partial charge is 0.184 e. The molecule has 1 heterocycles. The van der Waals surface area contributed by atoms with Crippen LogP contribution in [0.3, 0.4) is 0 Å². The van der Waals surface area contributed by atoms with Gasteiger partial charge in [0.25, 0.3) is 0 Å². The van der Waals surface area contributed by atoms with Gasteiger partial charge in [-0.1, -0.05) is 6.07 Å². The van der Waals surface area contributed by atoms with Gasteiger partial charge in [-0.05, 0) is 25.0 Å². The molecule has 3 heteroatoms. The third-order valence-electron chi connectivity index (χ3n) is 2.72. The van der Waals surface area contributed by atoms with E-state index in [1.807, 2.05) is 12.1 Å². The average Bonchev–Trinajstić information content (AvgIpc) is 2.88. The standard InChI is InChI=1S/C10H11NO2/c12-8-3-1-2-7-9(8)13-10(4-5-10)6-11-7/h1-3,11-12H,4-6H2. The van der Waals surface area contributed by atoms with Gasteiger partial charge in [0, 0.05) is 0 Å². The van der Waals surface area contributed by atoms with E-state index in [1.54, 1.807) is 6.07 Å². The van der Waals surface area contributed by atoms with Crippen LogP contribution >= 0.6 is 0 Å². The number of phenolic OH excluding ortho intramolecular Hbond substituents is 1. The molecule has 0 bridgehead atoms. The average molecular weight is 177 g/mol. The number of nitrogens with one attached hydrogen (secondary N) is 1. The number of hydrogen-bond acceptors (Lipinski definition) is 3. The Morgan fingerprint density at radius 2 is 2.23 bits per heavy atom. The molecule has 3 nitrogen and oxygen atoms in total. The fourth-order valence-electron chi connectivity index (χ4n) is 1.70. The topological polar surface area (TPSA) is 41.5 Å². The van der Waals surface area contributed by atoms with Crippen molar-refractivity contribution in [1.29, 1.82) is 0 Å². The van der Waals surface area contributed by atoms with E-state index in [1.165, 1.54) is 0 Å². The van der Waals surface area contributed by atoms with Crippen molar-refractivity contribution in [2.75, 3.05) is 11.9 Å². The minimum absolute atomic E-state index is 0.00810. The van der Waals surface area contributed by atoms with Crippen molar-refractivity contribution in [3.8, 4) is 11.5 Å². The van der Waals surface area contributed by atoms with Crippen molar-refractivity contribution >= 4 is 5.69 Å². The van der Waals surface area contributed by atoms with Gasteiger partial charge < -0.3 is 15.2 Å². The van der Waals surface area contributed by atoms with Crippen LogP contribution in [0.2, 0.25) is 0 Å². The molecule has 1 saturated carbocycles. The molecule has 0 amide bonds. The molecule has 0 saturated heterocycles. The lowest BCUT2D eigenvalue weighted by atomic mass is 10.2. The molecule has 3 rings (SSSR count). The van der Waals surface area contributed by atoms with Crippen LogP contribution in [-0.4, -0.2) is 17.3 Å². The minimum atomic E-state index is -0.00810. The van der Waals surface area contributed by atoms with Gasteiger partial charge in [-0.3, -0.25) is 0 Å². The lowest BCUT2D eigenvalue weighted by Crippen LogP contribution is -2.32. The summed E-state index contributed by atoms with van der Waals surface area (Å²) in [6.07, 6.45) is 2.18. The van der Waals surface area contributed by atoms with Gasteiger partial charge in [0.1, 0.15) is 5.60 Å². The molecule has 2 aliphatic rings. The maximum atomic E-state index is 9.55. The van der Waals surface area contributed by atoms with Gasteiger partial charge >= 0.3 is 0 Å². The van der Waals surface area contributed by atoms with Gasteiger partial charge in [-0.15, -0.1) is 0 Å². The number of ether oxygens (including phenoxy) is 1. The highest BCUT2D eigenvalue weighted by molar-refractivity contribution is 5.64. The predicted molar refractivity (Wildman–Crippen MR) is 49.2 cm³/mol. The Labute approximate surface area is 76.3 Å². The normalized spacial score (nSPS) is 21.5. The Morgan fingerprint density at radius 1 is 1.38 bits per heavy atom. The van der Waals surface area contributed by atoms with E-state index >= 15 is 0 Å². The fourth-order valence-corrected chi connectivity index (χ4v) is 1.70. The molecule has 68 valence electrons. The molecule has 1 aliphatic heterocycles. The molecule has 0 radical (unpaired) electrons. The van der Waals surface area contributed by atoms with Crippen LogP contribution in [0.25, 0.3) is 0 Å². The molecule has 13 heavy (non-hydrogen) atoms. The molecule has 1 aromatic rings. The first kappa shape index (κ1) is 7.06. The van der Waals surface area contributed by atoms with Crippen molar-refractivity contribution in [2.45, 2.75) is 18.4 Å². The number of hydrogen-bond donors (Lipinski definition) is 2. The van der Waals surface area contributed by atoms with E-state index < -0.39 is 0 Å². The molecular weight excluding hydrogens is 166 g/mol. The minimum Gasteiger partial charge on any atom is -0.504 e. The zero-order chi connectivity index (χ0) is 8.89. The first-order valence-corrected chi connectivity index (χ1v) is 4.54. The van der Waals surface area contributed by atoms with Crippen LogP contribution in [0.15, 0.2) is 18.2 Å². The summed E-state index contributed by atoms with van der Waals surface area (Å²) >= 11 is 0. The molecule has 1 fully saturated rings. The molecule has 0 aromatic heterocycles. The largest absolute Gasteiger partial charge is 0.504 e. The number of fused-ring (bicyclic) bond motifs is 1. The van der Waals surface area contributed by atoms with Crippen molar-refractivity contribution in [3.05, 3.63) is 18.2 Å². The quantitative estimate of drug-likeness (QED) is 0.634. The Balaban J connectivity index is 2.06. The number of phenols is 1. The molecule has 1 aliphatic carbocycles. The highest BCUT2D eigenvalue weighted by Gasteiger charge is 2.48. The van der Waals surface area contributed by atoms with E-state index in [0.29, 0.717) is 5.75 Å². The van der Waals surface area contributed by atoms with E-state index in [4.69, 9.17) is 4.74 Å². The Kier molecular flexibility index (Phi) is 1.14. The summed E-state index contributed by atoms with van der Waals surface area (Å²) in [6, 6.07) is 5.39. The lowest BCUT2D eigenvalue weighted by molar-refractivity contribution is 0.177. The Hall–Kier alpha value is -1.38. The van der Waals surface area contributed by atoms with Crippen LogP contribution in [0.5, 0.6) is 11.5 Å². The maximum absolute atomic E-state index is 9.55. The highest BCUT2D eigenvalue weighted by atomic mass is 16.5. The molecule has 2 N–H and O–H groups in total. The number of anilines is 1. The second-order valence-corrected chi connectivity index (χ2v) is 3.79.